The highest BCUT2D eigenvalue weighted by atomic mass is 35.5. The highest BCUT2D eigenvalue weighted by Crippen LogP contribution is 2.26. The van der Waals surface area contributed by atoms with Gasteiger partial charge < -0.3 is 10.1 Å². The first-order chi connectivity index (χ1) is 19.2. The first kappa shape index (κ1) is 28.3. The summed E-state index contributed by atoms with van der Waals surface area (Å²) < 4.78 is 33.9. The van der Waals surface area contributed by atoms with Gasteiger partial charge in [0.2, 0.25) is 15.9 Å². The van der Waals surface area contributed by atoms with Crippen molar-refractivity contribution in [2.24, 2.45) is 0 Å². The standard InChI is InChI=1S/C28H27ClN4O5S2/c1-19(26(34)30-22-8-10-23(11-9-22)40(36,37)32-13-15-38-16-14-32)39-28-31-25-17-21(29)7-12-24(25)27(35)33(28)18-20-5-3-2-4-6-20/h2-12,17,19H,13-16,18H2,1H3,(H,30,34)/t19-/m1/s1. The van der Waals surface area contributed by atoms with Crippen molar-refractivity contribution in [3.05, 3.63) is 93.7 Å². The molecule has 9 nitrogen and oxygen atoms in total. The summed E-state index contributed by atoms with van der Waals surface area (Å²) in [5.74, 6) is -0.319. The van der Waals surface area contributed by atoms with Gasteiger partial charge in [-0.1, -0.05) is 53.7 Å². The molecular formula is C28H27ClN4O5S2. The second-order valence-corrected chi connectivity index (χ2v) is 12.9. The van der Waals surface area contributed by atoms with Crippen molar-refractivity contribution in [1.29, 1.82) is 0 Å². The molecule has 1 aliphatic rings. The number of halogens is 1. The summed E-state index contributed by atoms with van der Waals surface area (Å²) in [7, 11) is -3.63. The Labute approximate surface area is 241 Å². The molecule has 1 amide bonds. The van der Waals surface area contributed by atoms with E-state index in [9.17, 15) is 18.0 Å². The monoisotopic (exact) mass is 598 g/mol. The molecule has 1 saturated heterocycles. The number of carbonyl (C=O) groups excluding carboxylic acids is 1. The summed E-state index contributed by atoms with van der Waals surface area (Å²) in [6.07, 6.45) is 0. The Balaban J connectivity index is 1.35. The first-order valence-corrected chi connectivity index (χ1v) is 15.3. The number of nitrogens with zero attached hydrogens (tertiary/aromatic N) is 3. The van der Waals surface area contributed by atoms with Crippen LogP contribution in [0.15, 0.2) is 87.6 Å². The Hall–Kier alpha value is -3.22. The van der Waals surface area contributed by atoms with E-state index in [0.29, 0.717) is 59.6 Å². The van der Waals surface area contributed by atoms with Crippen LogP contribution in [-0.4, -0.2) is 59.7 Å². The molecule has 0 unspecified atom stereocenters. The predicted octanol–water partition coefficient (Wildman–Crippen LogP) is 4.24. The van der Waals surface area contributed by atoms with E-state index < -0.39 is 15.3 Å². The third kappa shape index (κ3) is 6.24. The normalized spacial score (nSPS) is 15.2. The highest BCUT2D eigenvalue weighted by Gasteiger charge is 2.26. The van der Waals surface area contributed by atoms with Crippen LogP contribution in [0.25, 0.3) is 10.9 Å². The molecule has 0 radical (unpaired) electrons. The van der Waals surface area contributed by atoms with E-state index in [4.69, 9.17) is 16.3 Å². The molecule has 1 N–H and O–H groups in total. The van der Waals surface area contributed by atoms with Crippen LogP contribution in [0.2, 0.25) is 5.02 Å². The van der Waals surface area contributed by atoms with E-state index in [1.807, 2.05) is 30.3 Å². The molecule has 1 atom stereocenters. The lowest BCUT2D eigenvalue weighted by molar-refractivity contribution is -0.115. The lowest BCUT2D eigenvalue weighted by atomic mass is 10.2. The van der Waals surface area contributed by atoms with Gasteiger partial charge in [-0.2, -0.15) is 4.31 Å². The molecule has 208 valence electrons. The van der Waals surface area contributed by atoms with E-state index in [2.05, 4.69) is 10.3 Å². The summed E-state index contributed by atoms with van der Waals surface area (Å²) >= 11 is 7.32. The second-order valence-electron chi connectivity index (χ2n) is 9.22. The summed E-state index contributed by atoms with van der Waals surface area (Å²) in [6, 6.07) is 20.6. The molecule has 1 fully saturated rings. The minimum absolute atomic E-state index is 0.152. The molecule has 5 rings (SSSR count). The summed E-state index contributed by atoms with van der Waals surface area (Å²) in [5, 5.41) is 3.49. The SMILES string of the molecule is C[C@@H](Sc1nc2cc(Cl)ccc2c(=O)n1Cc1ccccc1)C(=O)Nc1ccc(S(=O)(=O)N2CCOCC2)cc1. The maximum atomic E-state index is 13.4. The number of thioether (sulfide) groups is 1. The van der Waals surface area contributed by atoms with Gasteiger partial charge in [0, 0.05) is 23.8 Å². The molecule has 1 aliphatic heterocycles. The van der Waals surface area contributed by atoms with Crippen molar-refractivity contribution in [2.75, 3.05) is 31.6 Å². The number of morpholine rings is 1. The Morgan fingerprint density at radius 3 is 2.48 bits per heavy atom. The Morgan fingerprint density at radius 1 is 1.07 bits per heavy atom. The third-order valence-corrected chi connectivity index (χ3v) is 9.69. The second kappa shape index (κ2) is 12.1. The lowest BCUT2D eigenvalue weighted by Gasteiger charge is -2.26. The number of nitrogens with one attached hydrogen (secondary N) is 1. The maximum Gasteiger partial charge on any atom is 0.262 e. The van der Waals surface area contributed by atoms with E-state index in [1.165, 1.54) is 16.4 Å². The fraction of sp³-hybridized carbons (Fsp3) is 0.250. The Kier molecular flexibility index (Phi) is 8.57. The van der Waals surface area contributed by atoms with Crippen molar-refractivity contribution in [3.8, 4) is 0 Å². The number of rotatable bonds is 8. The van der Waals surface area contributed by atoms with Gasteiger partial charge in [0.05, 0.1) is 40.8 Å². The van der Waals surface area contributed by atoms with Gasteiger partial charge in [0.1, 0.15) is 0 Å². The van der Waals surface area contributed by atoms with Crippen molar-refractivity contribution in [1.82, 2.24) is 13.9 Å². The molecule has 0 saturated carbocycles. The number of sulfonamides is 1. The molecule has 2 heterocycles. The fourth-order valence-electron chi connectivity index (χ4n) is 4.27. The summed E-state index contributed by atoms with van der Waals surface area (Å²) in [5.41, 5.74) is 1.61. The number of fused-ring (bicyclic) bond motifs is 1. The van der Waals surface area contributed by atoms with Gasteiger partial charge in [-0.3, -0.25) is 14.2 Å². The number of hydrogen-bond acceptors (Lipinski definition) is 7. The van der Waals surface area contributed by atoms with Gasteiger partial charge in [-0.15, -0.1) is 0 Å². The van der Waals surface area contributed by atoms with Crippen molar-refractivity contribution < 1.29 is 17.9 Å². The zero-order valence-corrected chi connectivity index (χ0v) is 24.0. The van der Waals surface area contributed by atoms with Crippen molar-refractivity contribution in [3.63, 3.8) is 0 Å². The number of hydrogen-bond donors (Lipinski definition) is 1. The Morgan fingerprint density at radius 2 is 1.77 bits per heavy atom. The van der Waals surface area contributed by atoms with Crippen LogP contribution in [-0.2, 0) is 26.1 Å². The van der Waals surface area contributed by atoms with Gasteiger partial charge in [0.15, 0.2) is 5.16 Å². The number of aromatic nitrogens is 2. The van der Waals surface area contributed by atoms with Gasteiger partial charge in [-0.05, 0) is 55.0 Å². The zero-order chi connectivity index (χ0) is 28.3. The molecule has 0 aliphatic carbocycles. The fourth-order valence-corrected chi connectivity index (χ4v) is 6.75. The van der Waals surface area contributed by atoms with Crippen molar-refractivity contribution >= 4 is 55.9 Å². The van der Waals surface area contributed by atoms with E-state index in [-0.39, 0.29) is 16.4 Å². The quantitative estimate of drug-likeness (QED) is 0.239. The Bertz CT molecular complexity index is 1690. The molecule has 12 heteroatoms. The van der Waals surface area contributed by atoms with Crippen molar-refractivity contribution in [2.45, 2.75) is 28.8 Å². The summed E-state index contributed by atoms with van der Waals surface area (Å²) in [6.45, 7) is 3.35. The zero-order valence-electron chi connectivity index (χ0n) is 21.6. The highest BCUT2D eigenvalue weighted by molar-refractivity contribution is 8.00. The number of benzene rings is 3. The minimum atomic E-state index is -3.63. The van der Waals surface area contributed by atoms with Gasteiger partial charge in [0.25, 0.3) is 5.56 Å². The predicted molar refractivity (Wildman–Crippen MR) is 157 cm³/mol. The molecule has 4 aromatic rings. The molecule has 40 heavy (non-hydrogen) atoms. The average Bonchev–Trinajstić information content (AvgIpc) is 2.96. The molecule has 0 bridgehead atoms. The maximum absolute atomic E-state index is 13.4. The van der Waals surface area contributed by atoms with Crippen LogP contribution in [0.4, 0.5) is 5.69 Å². The third-order valence-electron chi connectivity index (χ3n) is 6.45. The van der Waals surface area contributed by atoms with E-state index >= 15 is 0 Å². The summed E-state index contributed by atoms with van der Waals surface area (Å²) in [4.78, 5) is 31.4. The van der Waals surface area contributed by atoms with Gasteiger partial charge in [-0.25, -0.2) is 13.4 Å². The molecule has 3 aromatic carbocycles. The minimum Gasteiger partial charge on any atom is -0.379 e. The first-order valence-electron chi connectivity index (χ1n) is 12.6. The van der Waals surface area contributed by atoms with Crippen LogP contribution in [0, 0.1) is 0 Å². The van der Waals surface area contributed by atoms with Crippen LogP contribution < -0.4 is 10.9 Å². The number of carbonyl (C=O) groups is 1. The van der Waals surface area contributed by atoms with Crippen LogP contribution in [0.1, 0.15) is 12.5 Å². The van der Waals surface area contributed by atoms with Gasteiger partial charge >= 0.3 is 0 Å². The largest absolute Gasteiger partial charge is 0.379 e. The number of amides is 1. The van der Waals surface area contributed by atoms with Crippen LogP contribution in [0.5, 0.6) is 0 Å². The van der Waals surface area contributed by atoms with E-state index in [0.717, 1.165) is 17.3 Å². The number of anilines is 1. The smallest absolute Gasteiger partial charge is 0.262 e. The number of ether oxygens (including phenoxy) is 1. The average molecular weight is 599 g/mol. The topological polar surface area (TPSA) is 111 Å². The molecular weight excluding hydrogens is 572 g/mol. The van der Waals surface area contributed by atoms with Crippen LogP contribution >= 0.6 is 23.4 Å². The lowest BCUT2D eigenvalue weighted by Crippen LogP contribution is -2.40. The van der Waals surface area contributed by atoms with Crippen LogP contribution in [0.3, 0.4) is 0 Å². The van der Waals surface area contributed by atoms with E-state index in [1.54, 1.807) is 41.8 Å². The molecule has 1 aromatic heterocycles. The molecule has 0 spiro atoms.